The third-order valence-corrected chi connectivity index (χ3v) is 5.76. The number of carbonyl (C=O) groups excluding carboxylic acids is 1. The molecule has 0 bridgehead atoms. The SMILES string of the molecule is CCC(C)N1C(=O)CCC1c1c(-c2cccc(OC)c2)[nH]c2ccccc12. The van der Waals surface area contributed by atoms with Crippen molar-refractivity contribution in [3.05, 3.63) is 54.1 Å². The van der Waals surface area contributed by atoms with Gasteiger partial charge < -0.3 is 14.6 Å². The summed E-state index contributed by atoms with van der Waals surface area (Å²) in [6, 6.07) is 16.8. The molecule has 1 aliphatic heterocycles. The number of H-pyrrole nitrogens is 1. The van der Waals surface area contributed by atoms with Crippen LogP contribution in [0.1, 0.15) is 44.7 Å². The normalized spacial score (nSPS) is 18.3. The molecule has 4 nitrogen and oxygen atoms in total. The van der Waals surface area contributed by atoms with Crippen molar-refractivity contribution in [2.75, 3.05) is 7.11 Å². The molecule has 140 valence electrons. The molecule has 4 heteroatoms. The molecule has 1 aliphatic rings. The van der Waals surface area contributed by atoms with Crippen molar-refractivity contribution in [3.63, 3.8) is 0 Å². The molecule has 3 aromatic rings. The lowest BCUT2D eigenvalue weighted by molar-refractivity contribution is -0.131. The van der Waals surface area contributed by atoms with Gasteiger partial charge in [-0.1, -0.05) is 37.3 Å². The lowest BCUT2D eigenvalue weighted by atomic mass is 9.96. The van der Waals surface area contributed by atoms with Gasteiger partial charge in [0, 0.05) is 34.5 Å². The van der Waals surface area contributed by atoms with E-state index in [1.54, 1.807) is 7.11 Å². The average molecular weight is 362 g/mol. The number of rotatable bonds is 5. The summed E-state index contributed by atoms with van der Waals surface area (Å²) in [6.07, 6.45) is 2.44. The van der Waals surface area contributed by atoms with Crippen LogP contribution in [0.25, 0.3) is 22.2 Å². The van der Waals surface area contributed by atoms with Crippen molar-refractivity contribution in [3.8, 4) is 17.0 Å². The predicted octanol–water partition coefficient (Wildman–Crippen LogP) is 5.31. The van der Waals surface area contributed by atoms with E-state index in [-0.39, 0.29) is 18.0 Å². The van der Waals surface area contributed by atoms with Crippen molar-refractivity contribution >= 4 is 16.8 Å². The fourth-order valence-electron chi connectivity index (χ4n) is 4.25. The molecule has 2 unspecified atom stereocenters. The highest BCUT2D eigenvalue weighted by atomic mass is 16.5. The van der Waals surface area contributed by atoms with Gasteiger partial charge in [0.25, 0.3) is 0 Å². The van der Waals surface area contributed by atoms with E-state index in [4.69, 9.17) is 4.74 Å². The Morgan fingerprint density at radius 1 is 1.22 bits per heavy atom. The van der Waals surface area contributed by atoms with Gasteiger partial charge in [-0.2, -0.15) is 0 Å². The summed E-state index contributed by atoms with van der Waals surface area (Å²) in [4.78, 5) is 18.4. The second-order valence-corrected chi connectivity index (χ2v) is 7.30. The molecule has 1 fully saturated rings. The number of aromatic nitrogens is 1. The Morgan fingerprint density at radius 2 is 2.04 bits per heavy atom. The molecule has 27 heavy (non-hydrogen) atoms. The van der Waals surface area contributed by atoms with Gasteiger partial charge in [-0.3, -0.25) is 4.79 Å². The van der Waals surface area contributed by atoms with Crippen molar-refractivity contribution in [2.24, 2.45) is 0 Å². The van der Waals surface area contributed by atoms with Crippen LogP contribution in [0.4, 0.5) is 0 Å². The Hall–Kier alpha value is -2.75. The van der Waals surface area contributed by atoms with Crippen LogP contribution < -0.4 is 4.74 Å². The van der Waals surface area contributed by atoms with Crippen molar-refractivity contribution in [1.29, 1.82) is 0 Å². The second kappa shape index (κ2) is 7.10. The van der Waals surface area contributed by atoms with Gasteiger partial charge in [-0.25, -0.2) is 0 Å². The van der Waals surface area contributed by atoms with Crippen LogP contribution in [0.2, 0.25) is 0 Å². The minimum absolute atomic E-state index is 0.102. The van der Waals surface area contributed by atoms with Crippen LogP contribution >= 0.6 is 0 Å². The number of para-hydroxylation sites is 1. The summed E-state index contributed by atoms with van der Waals surface area (Å²) in [5.74, 6) is 1.09. The molecule has 0 spiro atoms. The first-order chi connectivity index (χ1) is 13.1. The number of benzene rings is 2. The van der Waals surface area contributed by atoms with Gasteiger partial charge in [0.1, 0.15) is 5.75 Å². The van der Waals surface area contributed by atoms with Crippen molar-refractivity contribution in [1.82, 2.24) is 9.88 Å². The number of nitrogens with one attached hydrogen (secondary N) is 1. The molecular formula is C23H26N2O2. The maximum Gasteiger partial charge on any atom is 0.223 e. The van der Waals surface area contributed by atoms with E-state index in [0.29, 0.717) is 6.42 Å². The fourth-order valence-corrected chi connectivity index (χ4v) is 4.25. The molecule has 2 atom stereocenters. The third-order valence-electron chi connectivity index (χ3n) is 5.76. The molecular weight excluding hydrogens is 336 g/mol. The zero-order valence-electron chi connectivity index (χ0n) is 16.2. The molecule has 0 radical (unpaired) electrons. The minimum atomic E-state index is 0.102. The summed E-state index contributed by atoms with van der Waals surface area (Å²) in [6.45, 7) is 4.29. The molecule has 1 aromatic heterocycles. The van der Waals surface area contributed by atoms with Crippen LogP contribution in [-0.4, -0.2) is 28.9 Å². The van der Waals surface area contributed by atoms with E-state index in [2.05, 4.69) is 54.1 Å². The van der Waals surface area contributed by atoms with Gasteiger partial charge in [0.05, 0.1) is 18.8 Å². The maximum absolute atomic E-state index is 12.7. The molecule has 4 rings (SSSR count). The zero-order valence-corrected chi connectivity index (χ0v) is 16.2. The van der Waals surface area contributed by atoms with Gasteiger partial charge in [0.15, 0.2) is 0 Å². The van der Waals surface area contributed by atoms with E-state index in [9.17, 15) is 4.79 Å². The summed E-state index contributed by atoms with van der Waals surface area (Å²) in [5, 5.41) is 1.20. The number of nitrogens with zero attached hydrogens (tertiary/aromatic N) is 1. The molecule has 0 saturated carbocycles. The highest BCUT2D eigenvalue weighted by molar-refractivity contribution is 5.93. The number of methoxy groups -OCH3 is 1. The largest absolute Gasteiger partial charge is 0.497 e. The standard InChI is InChI=1S/C23H26N2O2/c1-4-15(2)25-20(12-13-21(25)26)22-18-10-5-6-11-19(18)24-23(22)16-8-7-9-17(14-16)27-3/h5-11,14-15,20,24H,4,12-13H2,1-3H3. The summed E-state index contributed by atoms with van der Waals surface area (Å²) >= 11 is 0. The monoisotopic (exact) mass is 362 g/mol. The lowest BCUT2D eigenvalue weighted by Gasteiger charge is -2.31. The van der Waals surface area contributed by atoms with Gasteiger partial charge in [-0.15, -0.1) is 0 Å². The first-order valence-electron chi connectivity index (χ1n) is 9.70. The number of hydrogen-bond donors (Lipinski definition) is 1. The molecule has 1 amide bonds. The fraction of sp³-hybridized carbons (Fsp3) is 0.348. The van der Waals surface area contributed by atoms with Crippen LogP contribution in [0, 0.1) is 0 Å². The highest BCUT2D eigenvalue weighted by Crippen LogP contribution is 2.43. The minimum Gasteiger partial charge on any atom is -0.497 e. The Morgan fingerprint density at radius 3 is 2.81 bits per heavy atom. The predicted molar refractivity (Wildman–Crippen MR) is 109 cm³/mol. The van der Waals surface area contributed by atoms with Crippen LogP contribution in [0.5, 0.6) is 5.75 Å². The van der Waals surface area contributed by atoms with E-state index in [1.165, 1.54) is 10.9 Å². The second-order valence-electron chi connectivity index (χ2n) is 7.30. The van der Waals surface area contributed by atoms with E-state index in [0.717, 1.165) is 35.4 Å². The molecule has 2 aromatic carbocycles. The Bertz CT molecular complexity index is 975. The van der Waals surface area contributed by atoms with Gasteiger partial charge in [0.2, 0.25) is 5.91 Å². The molecule has 2 heterocycles. The number of hydrogen-bond acceptors (Lipinski definition) is 2. The van der Waals surface area contributed by atoms with Crippen LogP contribution in [0.15, 0.2) is 48.5 Å². The smallest absolute Gasteiger partial charge is 0.223 e. The van der Waals surface area contributed by atoms with Gasteiger partial charge >= 0.3 is 0 Å². The number of carbonyl (C=O) groups is 1. The molecule has 0 aliphatic carbocycles. The lowest BCUT2D eigenvalue weighted by Crippen LogP contribution is -2.35. The Labute approximate surface area is 160 Å². The Kier molecular flexibility index (Phi) is 4.65. The maximum atomic E-state index is 12.7. The Balaban J connectivity index is 1.92. The molecule has 1 saturated heterocycles. The summed E-state index contributed by atoms with van der Waals surface area (Å²) < 4.78 is 5.43. The van der Waals surface area contributed by atoms with E-state index in [1.807, 2.05) is 18.2 Å². The first-order valence-corrected chi connectivity index (χ1v) is 9.70. The zero-order chi connectivity index (χ0) is 19.0. The third kappa shape index (κ3) is 2.99. The number of ether oxygens (including phenoxy) is 1. The van der Waals surface area contributed by atoms with E-state index < -0.39 is 0 Å². The molecule has 1 N–H and O–H groups in total. The van der Waals surface area contributed by atoms with E-state index >= 15 is 0 Å². The van der Waals surface area contributed by atoms with Crippen LogP contribution in [0.3, 0.4) is 0 Å². The van der Waals surface area contributed by atoms with Crippen molar-refractivity contribution in [2.45, 2.75) is 45.2 Å². The number of likely N-dealkylation sites (tertiary alicyclic amines) is 1. The average Bonchev–Trinajstić information content (AvgIpc) is 3.27. The quantitative estimate of drug-likeness (QED) is 0.669. The highest BCUT2D eigenvalue weighted by Gasteiger charge is 2.37. The summed E-state index contributed by atoms with van der Waals surface area (Å²) in [7, 11) is 1.69. The number of amides is 1. The van der Waals surface area contributed by atoms with Crippen LogP contribution in [-0.2, 0) is 4.79 Å². The number of aromatic amines is 1. The number of fused-ring (bicyclic) bond motifs is 1. The van der Waals surface area contributed by atoms with Crippen molar-refractivity contribution < 1.29 is 9.53 Å². The topological polar surface area (TPSA) is 45.3 Å². The summed E-state index contributed by atoms with van der Waals surface area (Å²) in [5.41, 5.74) is 4.51. The van der Waals surface area contributed by atoms with Gasteiger partial charge in [-0.05, 0) is 38.0 Å². The first kappa shape index (κ1) is 17.7.